The Kier molecular flexibility index (Phi) is 3.93. The second-order valence-corrected chi connectivity index (χ2v) is 5.54. The van der Waals surface area contributed by atoms with Crippen molar-refractivity contribution in [3.63, 3.8) is 0 Å². The molecule has 0 aliphatic carbocycles. The fourth-order valence-corrected chi connectivity index (χ4v) is 2.71. The molecule has 1 heterocycles. The summed E-state index contributed by atoms with van der Waals surface area (Å²) in [6.45, 7) is 5.20. The van der Waals surface area contributed by atoms with Crippen LogP contribution in [0, 0.1) is 6.92 Å². The maximum Gasteiger partial charge on any atom is 0.142 e. The fraction of sp³-hybridized carbons (Fsp3) is 0.294. The zero-order valence-corrected chi connectivity index (χ0v) is 12.9. The molecule has 21 heavy (non-hydrogen) atoms. The second kappa shape index (κ2) is 5.86. The molecule has 0 saturated carbocycles. The molecule has 0 spiro atoms. The minimum Gasteiger partial charge on any atom is -0.492 e. The van der Waals surface area contributed by atoms with Crippen molar-refractivity contribution in [2.45, 2.75) is 19.9 Å². The van der Waals surface area contributed by atoms with E-state index in [1.54, 1.807) is 0 Å². The number of nitrogens with one attached hydrogen (secondary N) is 1. The van der Waals surface area contributed by atoms with Crippen LogP contribution in [-0.2, 0) is 0 Å². The summed E-state index contributed by atoms with van der Waals surface area (Å²) in [5.41, 5.74) is 3.32. The highest BCUT2D eigenvalue weighted by Crippen LogP contribution is 2.36. The molecular weight excluding hydrogens is 286 g/mol. The van der Waals surface area contributed by atoms with Crippen molar-refractivity contribution >= 4 is 17.3 Å². The highest BCUT2D eigenvalue weighted by molar-refractivity contribution is 6.32. The van der Waals surface area contributed by atoms with E-state index in [0.717, 1.165) is 22.7 Å². The number of hydrogen-bond donors (Lipinski definition) is 1. The number of rotatable bonds is 3. The summed E-state index contributed by atoms with van der Waals surface area (Å²) < 4.78 is 11.3. The molecule has 1 unspecified atom stereocenters. The Morgan fingerprint density at radius 2 is 2.14 bits per heavy atom. The van der Waals surface area contributed by atoms with Crippen LogP contribution in [0.3, 0.4) is 0 Å². The Bertz CT molecular complexity index is 657. The molecule has 0 radical (unpaired) electrons. The van der Waals surface area contributed by atoms with Crippen molar-refractivity contribution in [2.24, 2.45) is 0 Å². The van der Waals surface area contributed by atoms with Crippen LogP contribution in [-0.4, -0.2) is 13.2 Å². The molecule has 3 rings (SSSR count). The number of halogens is 1. The molecule has 1 aliphatic rings. The van der Waals surface area contributed by atoms with Crippen LogP contribution in [0.5, 0.6) is 11.5 Å². The third-order valence-corrected chi connectivity index (χ3v) is 3.82. The zero-order chi connectivity index (χ0) is 14.8. The third-order valence-electron chi connectivity index (χ3n) is 3.53. The Hall–Kier alpha value is -1.87. The normalized spacial score (nSPS) is 16.6. The van der Waals surface area contributed by atoms with Crippen LogP contribution < -0.4 is 14.8 Å². The van der Waals surface area contributed by atoms with Gasteiger partial charge in [0.05, 0.1) is 23.4 Å². The molecule has 3 nitrogen and oxygen atoms in total. The van der Waals surface area contributed by atoms with Gasteiger partial charge in [-0.15, -0.1) is 0 Å². The highest BCUT2D eigenvalue weighted by atomic mass is 35.5. The number of benzene rings is 2. The van der Waals surface area contributed by atoms with E-state index in [1.165, 1.54) is 5.56 Å². The van der Waals surface area contributed by atoms with Gasteiger partial charge >= 0.3 is 0 Å². The topological polar surface area (TPSA) is 30.5 Å². The molecule has 0 amide bonds. The average molecular weight is 304 g/mol. The molecule has 1 N–H and O–H groups in total. The predicted molar refractivity (Wildman–Crippen MR) is 85.7 cm³/mol. The van der Waals surface area contributed by atoms with Gasteiger partial charge < -0.3 is 14.8 Å². The number of fused-ring (bicyclic) bond motifs is 1. The first-order valence-corrected chi connectivity index (χ1v) is 7.47. The Morgan fingerprint density at radius 3 is 2.90 bits per heavy atom. The first-order valence-electron chi connectivity index (χ1n) is 7.09. The monoisotopic (exact) mass is 303 g/mol. The van der Waals surface area contributed by atoms with Crippen molar-refractivity contribution in [1.29, 1.82) is 0 Å². The van der Waals surface area contributed by atoms with Crippen LogP contribution in [0.15, 0.2) is 36.4 Å². The minimum absolute atomic E-state index is 0.0903. The van der Waals surface area contributed by atoms with E-state index in [9.17, 15) is 0 Å². The Labute approximate surface area is 129 Å². The summed E-state index contributed by atoms with van der Waals surface area (Å²) in [6.07, 6.45) is 0. The maximum atomic E-state index is 6.26. The number of hydrogen-bond acceptors (Lipinski definition) is 3. The molecule has 2 aromatic carbocycles. The minimum atomic E-state index is 0.0903. The van der Waals surface area contributed by atoms with Crippen molar-refractivity contribution in [1.82, 2.24) is 0 Å². The fourth-order valence-electron chi connectivity index (χ4n) is 2.47. The van der Waals surface area contributed by atoms with E-state index in [1.807, 2.05) is 31.2 Å². The summed E-state index contributed by atoms with van der Waals surface area (Å²) in [5, 5.41) is 4.14. The Morgan fingerprint density at radius 1 is 1.29 bits per heavy atom. The van der Waals surface area contributed by atoms with Gasteiger partial charge in [0.1, 0.15) is 18.1 Å². The summed E-state index contributed by atoms with van der Waals surface area (Å²) in [7, 11) is 0. The summed E-state index contributed by atoms with van der Waals surface area (Å²) in [4.78, 5) is 0. The lowest BCUT2D eigenvalue weighted by atomic mass is 10.0. The first-order chi connectivity index (χ1) is 10.2. The van der Waals surface area contributed by atoms with Crippen LogP contribution >= 0.6 is 11.6 Å². The predicted octanol–water partition coefficient (Wildman–Crippen LogP) is 4.59. The quantitative estimate of drug-likeness (QED) is 0.899. The van der Waals surface area contributed by atoms with Gasteiger partial charge in [0.25, 0.3) is 0 Å². The average Bonchev–Trinajstić information content (AvgIpc) is 2.48. The van der Waals surface area contributed by atoms with E-state index in [-0.39, 0.29) is 6.04 Å². The lowest BCUT2D eigenvalue weighted by Gasteiger charge is -2.28. The number of ether oxygens (including phenoxy) is 2. The molecule has 0 saturated heterocycles. The van der Waals surface area contributed by atoms with E-state index >= 15 is 0 Å². The Balaban J connectivity index is 1.84. The van der Waals surface area contributed by atoms with Crippen LogP contribution in [0.2, 0.25) is 5.02 Å². The lowest BCUT2D eigenvalue weighted by Crippen LogP contribution is -2.24. The summed E-state index contributed by atoms with van der Waals surface area (Å²) >= 11 is 6.26. The zero-order valence-electron chi connectivity index (χ0n) is 12.2. The molecular formula is C17H18ClNO2. The van der Waals surface area contributed by atoms with Crippen molar-refractivity contribution < 1.29 is 9.47 Å². The molecule has 4 heteroatoms. The van der Waals surface area contributed by atoms with E-state index in [4.69, 9.17) is 21.1 Å². The van der Waals surface area contributed by atoms with E-state index in [2.05, 4.69) is 24.4 Å². The standard InChI is InChI=1S/C17H18ClNO2/c1-3-20-16-7-5-12(9-13(16)18)15-10-21-17-6-4-11(2)8-14(17)19-15/h4-9,15,19H,3,10H2,1-2H3. The smallest absolute Gasteiger partial charge is 0.142 e. The van der Waals surface area contributed by atoms with Gasteiger partial charge in [-0.3, -0.25) is 0 Å². The van der Waals surface area contributed by atoms with Gasteiger partial charge in [0.15, 0.2) is 0 Å². The van der Waals surface area contributed by atoms with Crippen molar-refractivity contribution in [3.8, 4) is 11.5 Å². The molecule has 2 aromatic rings. The van der Waals surface area contributed by atoms with Gasteiger partial charge in [-0.1, -0.05) is 23.7 Å². The van der Waals surface area contributed by atoms with Gasteiger partial charge in [0, 0.05) is 0 Å². The SMILES string of the molecule is CCOc1ccc(C2COc3ccc(C)cc3N2)cc1Cl. The van der Waals surface area contributed by atoms with E-state index in [0.29, 0.717) is 18.2 Å². The number of anilines is 1. The molecule has 0 aromatic heterocycles. The third kappa shape index (κ3) is 2.93. The van der Waals surface area contributed by atoms with E-state index < -0.39 is 0 Å². The van der Waals surface area contributed by atoms with Crippen molar-refractivity contribution in [2.75, 3.05) is 18.5 Å². The summed E-state index contributed by atoms with van der Waals surface area (Å²) in [6, 6.07) is 12.1. The molecule has 110 valence electrons. The van der Waals surface area contributed by atoms with Crippen LogP contribution in [0.4, 0.5) is 5.69 Å². The largest absolute Gasteiger partial charge is 0.492 e. The van der Waals surface area contributed by atoms with Crippen LogP contribution in [0.25, 0.3) is 0 Å². The van der Waals surface area contributed by atoms with Crippen molar-refractivity contribution in [3.05, 3.63) is 52.5 Å². The number of aryl methyl sites for hydroxylation is 1. The first kappa shape index (κ1) is 14.1. The molecule has 0 bridgehead atoms. The lowest BCUT2D eigenvalue weighted by molar-refractivity contribution is 0.286. The second-order valence-electron chi connectivity index (χ2n) is 5.13. The molecule has 0 fully saturated rings. The molecule has 1 atom stereocenters. The highest BCUT2D eigenvalue weighted by Gasteiger charge is 2.21. The van der Waals surface area contributed by atoms with Gasteiger partial charge in [0.2, 0.25) is 0 Å². The maximum absolute atomic E-state index is 6.26. The molecule has 1 aliphatic heterocycles. The van der Waals surface area contributed by atoms with Gasteiger partial charge in [-0.05, 0) is 49.2 Å². The van der Waals surface area contributed by atoms with Gasteiger partial charge in [-0.25, -0.2) is 0 Å². The summed E-state index contributed by atoms with van der Waals surface area (Å²) in [5.74, 6) is 1.62. The van der Waals surface area contributed by atoms with Gasteiger partial charge in [-0.2, -0.15) is 0 Å². The van der Waals surface area contributed by atoms with Crippen LogP contribution in [0.1, 0.15) is 24.1 Å².